The Labute approximate surface area is 146 Å². The third kappa shape index (κ3) is 3.82. The Morgan fingerprint density at radius 3 is 2.43 bits per heavy atom. The van der Waals surface area contributed by atoms with Crippen LogP contribution in [0.25, 0.3) is 0 Å². The molecule has 128 valence electrons. The molecule has 0 unspecified atom stereocenters. The summed E-state index contributed by atoms with van der Waals surface area (Å²) >= 11 is 11.5. The molecule has 2 fully saturated rings. The molecular weight excluding hydrogens is 362 g/mol. The molecule has 1 heterocycles. The van der Waals surface area contributed by atoms with Gasteiger partial charge in [0.2, 0.25) is 10.0 Å². The van der Waals surface area contributed by atoms with Crippen molar-refractivity contribution in [3.05, 3.63) is 28.0 Å². The van der Waals surface area contributed by atoms with Crippen molar-refractivity contribution in [3.63, 3.8) is 0 Å². The molecule has 0 bridgehead atoms. The number of benzene rings is 1. The summed E-state index contributed by atoms with van der Waals surface area (Å²) in [6.07, 6.45) is 4.08. The number of nitrogens with one attached hydrogen (secondary N) is 1. The highest BCUT2D eigenvalue weighted by molar-refractivity contribution is 7.89. The fourth-order valence-electron chi connectivity index (χ4n) is 2.80. The van der Waals surface area contributed by atoms with Crippen LogP contribution in [0.2, 0.25) is 10.0 Å². The third-order valence-corrected chi connectivity index (χ3v) is 7.18. The van der Waals surface area contributed by atoms with E-state index in [1.165, 1.54) is 29.3 Å². The van der Waals surface area contributed by atoms with Gasteiger partial charge in [0, 0.05) is 19.1 Å². The maximum absolute atomic E-state index is 13.8. The lowest BCUT2D eigenvalue weighted by atomic mass is 10.1. The predicted molar refractivity (Wildman–Crippen MR) is 88.9 cm³/mol. The lowest BCUT2D eigenvalue weighted by Crippen LogP contribution is -2.45. The summed E-state index contributed by atoms with van der Waals surface area (Å²) in [4.78, 5) is -0.217. The average Bonchev–Trinajstić information content (AvgIpc) is 3.35. The second-order valence-electron chi connectivity index (χ2n) is 6.20. The van der Waals surface area contributed by atoms with E-state index in [4.69, 9.17) is 23.2 Å². The van der Waals surface area contributed by atoms with E-state index in [1.807, 2.05) is 0 Å². The SMILES string of the molecule is O=S(=O)(c1ccc(Cl)c(F)c1Cl)N1CCC(NCC2CC2)CC1. The van der Waals surface area contributed by atoms with Gasteiger partial charge in [-0.2, -0.15) is 4.31 Å². The van der Waals surface area contributed by atoms with Crippen LogP contribution in [0.15, 0.2) is 17.0 Å². The Morgan fingerprint density at radius 1 is 1.17 bits per heavy atom. The van der Waals surface area contributed by atoms with Gasteiger partial charge in [0.05, 0.1) is 10.0 Å². The normalized spacial score (nSPS) is 20.8. The van der Waals surface area contributed by atoms with Crippen LogP contribution >= 0.6 is 23.2 Å². The van der Waals surface area contributed by atoms with E-state index < -0.39 is 20.9 Å². The largest absolute Gasteiger partial charge is 0.314 e. The van der Waals surface area contributed by atoms with Gasteiger partial charge in [-0.05, 0) is 50.3 Å². The van der Waals surface area contributed by atoms with Gasteiger partial charge in [0.25, 0.3) is 0 Å². The summed E-state index contributed by atoms with van der Waals surface area (Å²) in [7, 11) is -3.80. The molecule has 2 aliphatic rings. The van der Waals surface area contributed by atoms with Crippen LogP contribution in [0.5, 0.6) is 0 Å². The van der Waals surface area contributed by atoms with Crippen LogP contribution in [0, 0.1) is 11.7 Å². The van der Waals surface area contributed by atoms with E-state index in [2.05, 4.69) is 5.32 Å². The van der Waals surface area contributed by atoms with E-state index in [0.29, 0.717) is 19.1 Å². The Bertz CT molecular complexity index is 687. The molecule has 1 aromatic rings. The van der Waals surface area contributed by atoms with Gasteiger partial charge in [-0.3, -0.25) is 0 Å². The number of piperidine rings is 1. The Kier molecular flexibility index (Phi) is 5.18. The first kappa shape index (κ1) is 17.4. The molecule has 0 amide bonds. The number of hydrogen-bond acceptors (Lipinski definition) is 3. The molecule has 3 rings (SSSR count). The molecular formula is C15H19Cl2FN2O2S. The lowest BCUT2D eigenvalue weighted by molar-refractivity contribution is 0.288. The Morgan fingerprint density at radius 2 is 1.83 bits per heavy atom. The van der Waals surface area contributed by atoms with Crippen LogP contribution in [0.4, 0.5) is 4.39 Å². The summed E-state index contributed by atoms with van der Waals surface area (Å²) in [5, 5.41) is 2.88. The first-order valence-corrected chi connectivity index (χ1v) is 9.96. The summed E-state index contributed by atoms with van der Waals surface area (Å²) in [6.45, 7) is 1.84. The van der Waals surface area contributed by atoms with Crippen LogP contribution in [0.3, 0.4) is 0 Å². The fourth-order valence-corrected chi connectivity index (χ4v) is 4.99. The smallest absolute Gasteiger partial charge is 0.244 e. The zero-order chi connectivity index (χ0) is 16.6. The molecule has 0 atom stereocenters. The Balaban J connectivity index is 1.67. The number of sulfonamides is 1. The van der Waals surface area contributed by atoms with Crippen molar-refractivity contribution in [2.24, 2.45) is 5.92 Å². The summed E-state index contributed by atoms with van der Waals surface area (Å²) in [5.74, 6) is -0.0944. The minimum Gasteiger partial charge on any atom is -0.314 e. The lowest BCUT2D eigenvalue weighted by Gasteiger charge is -2.32. The Hall–Kier alpha value is -0.400. The molecule has 1 saturated heterocycles. The molecule has 0 radical (unpaired) electrons. The van der Waals surface area contributed by atoms with Crippen molar-refractivity contribution >= 4 is 33.2 Å². The maximum Gasteiger partial charge on any atom is 0.244 e. The van der Waals surface area contributed by atoms with Crippen molar-refractivity contribution in [1.29, 1.82) is 0 Å². The number of nitrogens with zero attached hydrogens (tertiary/aromatic N) is 1. The van der Waals surface area contributed by atoms with E-state index in [-0.39, 0.29) is 9.92 Å². The summed E-state index contributed by atoms with van der Waals surface area (Å²) < 4.78 is 40.5. The first-order valence-electron chi connectivity index (χ1n) is 7.76. The average molecular weight is 381 g/mol. The fraction of sp³-hybridized carbons (Fsp3) is 0.600. The molecule has 8 heteroatoms. The third-order valence-electron chi connectivity index (χ3n) is 4.46. The zero-order valence-corrected chi connectivity index (χ0v) is 14.9. The molecule has 0 spiro atoms. The van der Waals surface area contributed by atoms with Crippen molar-refractivity contribution in [1.82, 2.24) is 9.62 Å². The number of halogens is 3. The molecule has 1 saturated carbocycles. The molecule has 4 nitrogen and oxygen atoms in total. The van der Waals surface area contributed by atoms with Gasteiger partial charge < -0.3 is 5.32 Å². The highest BCUT2D eigenvalue weighted by Crippen LogP contribution is 2.32. The highest BCUT2D eigenvalue weighted by atomic mass is 35.5. The van der Waals surface area contributed by atoms with Crippen LogP contribution in [0.1, 0.15) is 25.7 Å². The van der Waals surface area contributed by atoms with Gasteiger partial charge in [-0.15, -0.1) is 0 Å². The van der Waals surface area contributed by atoms with Crippen LogP contribution < -0.4 is 5.32 Å². The van der Waals surface area contributed by atoms with Crippen LogP contribution in [-0.2, 0) is 10.0 Å². The van der Waals surface area contributed by atoms with Crippen molar-refractivity contribution in [3.8, 4) is 0 Å². The van der Waals surface area contributed by atoms with Crippen molar-refractivity contribution < 1.29 is 12.8 Å². The summed E-state index contributed by atoms with van der Waals surface area (Å²) in [5.41, 5.74) is 0. The topological polar surface area (TPSA) is 49.4 Å². The highest BCUT2D eigenvalue weighted by Gasteiger charge is 2.32. The van der Waals surface area contributed by atoms with Gasteiger partial charge in [-0.1, -0.05) is 23.2 Å². The van der Waals surface area contributed by atoms with E-state index in [1.54, 1.807) is 0 Å². The van der Waals surface area contributed by atoms with Crippen molar-refractivity contribution in [2.75, 3.05) is 19.6 Å². The number of rotatable bonds is 5. The summed E-state index contributed by atoms with van der Waals surface area (Å²) in [6, 6.07) is 2.83. The quantitative estimate of drug-likeness (QED) is 0.797. The van der Waals surface area contributed by atoms with E-state index in [9.17, 15) is 12.8 Å². The minimum absolute atomic E-state index is 0.183. The molecule has 1 N–H and O–H groups in total. The monoisotopic (exact) mass is 380 g/mol. The standard InChI is InChI=1S/C15H19Cl2FN2O2S/c16-12-3-4-13(14(17)15(12)18)23(21,22)20-7-5-11(6-8-20)19-9-10-1-2-10/h3-4,10-11,19H,1-2,5-9H2. The minimum atomic E-state index is -3.80. The van der Waals surface area contributed by atoms with E-state index in [0.717, 1.165) is 25.3 Å². The van der Waals surface area contributed by atoms with Gasteiger partial charge in [0.15, 0.2) is 5.82 Å². The molecule has 1 aromatic carbocycles. The van der Waals surface area contributed by atoms with Crippen LogP contribution in [-0.4, -0.2) is 38.4 Å². The first-order chi connectivity index (χ1) is 10.9. The van der Waals surface area contributed by atoms with Crippen molar-refractivity contribution in [2.45, 2.75) is 36.6 Å². The zero-order valence-electron chi connectivity index (χ0n) is 12.6. The molecule has 0 aromatic heterocycles. The van der Waals surface area contributed by atoms with Gasteiger partial charge in [-0.25, -0.2) is 12.8 Å². The molecule has 23 heavy (non-hydrogen) atoms. The predicted octanol–water partition coefficient (Wildman–Crippen LogP) is 3.29. The number of hydrogen-bond donors (Lipinski definition) is 1. The van der Waals surface area contributed by atoms with Gasteiger partial charge in [0.1, 0.15) is 4.90 Å². The van der Waals surface area contributed by atoms with Gasteiger partial charge >= 0.3 is 0 Å². The maximum atomic E-state index is 13.8. The molecule has 1 aliphatic heterocycles. The van der Waals surface area contributed by atoms with E-state index >= 15 is 0 Å². The second kappa shape index (κ2) is 6.84. The second-order valence-corrected chi connectivity index (χ2v) is 8.89. The molecule has 1 aliphatic carbocycles.